The largest absolute Gasteiger partial charge is 0.342 e. The van der Waals surface area contributed by atoms with Gasteiger partial charge in [-0.05, 0) is 44.4 Å². The minimum atomic E-state index is 0.0299. The quantitative estimate of drug-likeness (QED) is 0.745. The summed E-state index contributed by atoms with van der Waals surface area (Å²) in [6, 6.07) is 0.352. The second-order valence-corrected chi connectivity index (χ2v) is 6.39. The summed E-state index contributed by atoms with van der Waals surface area (Å²) < 4.78 is 0. The standard InChI is InChI=1S/C16H28N2O2/c1-3-14-6-4-5-9-18(14)16(20)12-15(19)17-10-7-13(2)8-11-17/h13-14H,3-12H2,1-2H3. The number of nitrogens with zero attached hydrogens (tertiary/aromatic N) is 2. The highest BCUT2D eigenvalue weighted by Crippen LogP contribution is 2.21. The minimum absolute atomic E-state index is 0.0299. The number of hydrogen-bond acceptors (Lipinski definition) is 2. The van der Waals surface area contributed by atoms with E-state index in [-0.39, 0.29) is 18.2 Å². The zero-order valence-corrected chi connectivity index (χ0v) is 12.9. The molecule has 0 saturated carbocycles. The monoisotopic (exact) mass is 280 g/mol. The number of piperidine rings is 2. The van der Waals surface area contributed by atoms with Crippen LogP contribution in [0.25, 0.3) is 0 Å². The van der Waals surface area contributed by atoms with Gasteiger partial charge in [0.2, 0.25) is 11.8 Å². The van der Waals surface area contributed by atoms with Crippen molar-refractivity contribution < 1.29 is 9.59 Å². The Morgan fingerprint density at radius 2 is 1.70 bits per heavy atom. The van der Waals surface area contributed by atoms with Crippen molar-refractivity contribution in [3.05, 3.63) is 0 Å². The van der Waals surface area contributed by atoms with Gasteiger partial charge in [-0.3, -0.25) is 9.59 Å². The number of likely N-dealkylation sites (tertiary alicyclic amines) is 2. The first kappa shape index (κ1) is 15.3. The van der Waals surface area contributed by atoms with Crippen LogP contribution in [0, 0.1) is 5.92 Å². The molecule has 0 aliphatic carbocycles. The first-order chi connectivity index (χ1) is 9.61. The second kappa shape index (κ2) is 7.09. The van der Waals surface area contributed by atoms with Gasteiger partial charge in [0, 0.05) is 25.7 Å². The van der Waals surface area contributed by atoms with Gasteiger partial charge in [0.1, 0.15) is 6.42 Å². The van der Waals surface area contributed by atoms with Crippen LogP contribution in [0.4, 0.5) is 0 Å². The summed E-state index contributed by atoms with van der Waals surface area (Å²) in [5.41, 5.74) is 0. The molecule has 2 aliphatic heterocycles. The summed E-state index contributed by atoms with van der Waals surface area (Å²) in [6.07, 6.45) is 6.60. The third-order valence-corrected chi connectivity index (χ3v) is 4.86. The molecule has 0 aromatic rings. The fourth-order valence-electron chi connectivity index (χ4n) is 3.35. The summed E-state index contributed by atoms with van der Waals surface area (Å²) in [5, 5.41) is 0. The van der Waals surface area contributed by atoms with Crippen molar-refractivity contribution in [1.82, 2.24) is 9.80 Å². The van der Waals surface area contributed by atoms with Gasteiger partial charge >= 0.3 is 0 Å². The summed E-state index contributed by atoms with van der Waals surface area (Å²) in [7, 11) is 0. The van der Waals surface area contributed by atoms with Crippen LogP contribution in [0.2, 0.25) is 0 Å². The molecular formula is C16H28N2O2. The average Bonchev–Trinajstić information content (AvgIpc) is 2.47. The third-order valence-electron chi connectivity index (χ3n) is 4.86. The molecule has 4 heteroatoms. The fraction of sp³-hybridized carbons (Fsp3) is 0.875. The maximum Gasteiger partial charge on any atom is 0.232 e. The highest BCUT2D eigenvalue weighted by atomic mass is 16.2. The molecule has 0 aromatic carbocycles. The van der Waals surface area contributed by atoms with Crippen molar-refractivity contribution in [3.63, 3.8) is 0 Å². The van der Waals surface area contributed by atoms with E-state index in [0.29, 0.717) is 12.0 Å². The molecule has 20 heavy (non-hydrogen) atoms. The van der Waals surface area contributed by atoms with Crippen LogP contribution in [0.5, 0.6) is 0 Å². The lowest BCUT2D eigenvalue weighted by molar-refractivity contribution is -0.143. The van der Waals surface area contributed by atoms with Crippen molar-refractivity contribution >= 4 is 11.8 Å². The van der Waals surface area contributed by atoms with Crippen molar-refractivity contribution in [1.29, 1.82) is 0 Å². The van der Waals surface area contributed by atoms with Crippen LogP contribution in [0.1, 0.15) is 58.8 Å². The van der Waals surface area contributed by atoms with Gasteiger partial charge < -0.3 is 9.80 Å². The second-order valence-electron chi connectivity index (χ2n) is 6.39. The SMILES string of the molecule is CCC1CCCCN1C(=O)CC(=O)N1CCC(C)CC1. The molecule has 2 amide bonds. The normalized spacial score (nSPS) is 24.8. The Morgan fingerprint density at radius 3 is 2.35 bits per heavy atom. The Hall–Kier alpha value is -1.06. The Labute approximate surface area is 122 Å². The highest BCUT2D eigenvalue weighted by molar-refractivity contribution is 5.97. The highest BCUT2D eigenvalue weighted by Gasteiger charge is 2.28. The molecule has 1 atom stereocenters. The lowest BCUT2D eigenvalue weighted by atomic mass is 9.98. The lowest BCUT2D eigenvalue weighted by Gasteiger charge is -2.36. The van der Waals surface area contributed by atoms with E-state index >= 15 is 0 Å². The van der Waals surface area contributed by atoms with Crippen LogP contribution in [-0.2, 0) is 9.59 Å². The van der Waals surface area contributed by atoms with Crippen molar-refractivity contribution in [2.45, 2.75) is 64.8 Å². The van der Waals surface area contributed by atoms with Crippen LogP contribution in [0.15, 0.2) is 0 Å². The van der Waals surface area contributed by atoms with Gasteiger partial charge in [0.05, 0.1) is 0 Å². The maximum absolute atomic E-state index is 12.4. The average molecular weight is 280 g/mol. The Kier molecular flexibility index (Phi) is 5.44. The first-order valence-corrected chi connectivity index (χ1v) is 8.19. The molecule has 0 radical (unpaired) electrons. The third kappa shape index (κ3) is 3.74. The fourth-order valence-corrected chi connectivity index (χ4v) is 3.35. The molecule has 2 aliphatic rings. The molecule has 1 unspecified atom stereocenters. The first-order valence-electron chi connectivity index (χ1n) is 8.19. The number of amides is 2. The van der Waals surface area contributed by atoms with Crippen LogP contribution in [0.3, 0.4) is 0 Å². The van der Waals surface area contributed by atoms with Gasteiger partial charge in [0.25, 0.3) is 0 Å². The number of hydrogen-bond donors (Lipinski definition) is 0. The van der Waals surface area contributed by atoms with E-state index in [1.165, 1.54) is 6.42 Å². The number of carbonyl (C=O) groups is 2. The molecule has 0 N–H and O–H groups in total. The van der Waals surface area contributed by atoms with Gasteiger partial charge in [-0.15, -0.1) is 0 Å². The van der Waals surface area contributed by atoms with Gasteiger partial charge in [0.15, 0.2) is 0 Å². The van der Waals surface area contributed by atoms with Crippen LogP contribution < -0.4 is 0 Å². The molecule has 2 fully saturated rings. The zero-order chi connectivity index (χ0) is 14.5. The predicted molar refractivity (Wildman–Crippen MR) is 79.2 cm³/mol. The predicted octanol–water partition coefficient (Wildman–Crippen LogP) is 2.43. The molecule has 2 saturated heterocycles. The molecule has 114 valence electrons. The molecule has 0 spiro atoms. The Bertz CT molecular complexity index is 348. The van der Waals surface area contributed by atoms with E-state index in [4.69, 9.17) is 0 Å². The maximum atomic E-state index is 12.4. The van der Waals surface area contributed by atoms with Crippen LogP contribution >= 0.6 is 0 Å². The molecular weight excluding hydrogens is 252 g/mol. The van der Waals surface area contributed by atoms with E-state index in [9.17, 15) is 9.59 Å². The van der Waals surface area contributed by atoms with Crippen molar-refractivity contribution in [2.24, 2.45) is 5.92 Å². The number of carbonyl (C=O) groups excluding carboxylic acids is 2. The summed E-state index contributed by atoms with van der Waals surface area (Å²) in [4.78, 5) is 28.4. The van der Waals surface area contributed by atoms with E-state index < -0.39 is 0 Å². The van der Waals surface area contributed by atoms with E-state index in [1.807, 2.05) is 9.80 Å². The topological polar surface area (TPSA) is 40.6 Å². The Morgan fingerprint density at radius 1 is 1.00 bits per heavy atom. The van der Waals surface area contributed by atoms with E-state index in [0.717, 1.165) is 51.7 Å². The summed E-state index contributed by atoms with van der Waals surface area (Å²) >= 11 is 0. The van der Waals surface area contributed by atoms with Gasteiger partial charge in [-0.25, -0.2) is 0 Å². The molecule has 2 rings (SSSR count). The van der Waals surface area contributed by atoms with Crippen molar-refractivity contribution in [2.75, 3.05) is 19.6 Å². The Balaban J connectivity index is 1.85. The number of rotatable bonds is 3. The molecule has 2 heterocycles. The van der Waals surface area contributed by atoms with E-state index in [2.05, 4.69) is 13.8 Å². The molecule has 0 aromatic heterocycles. The molecule has 0 bridgehead atoms. The van der Waals surface area contributed by atoms with Crippen molar-refractivity contribution in [3.8, 4) is 0 Å². The lowest BCUT2D eigenvalue weighted by Crippen LogP contribution is -2.46. The molecule has 4 nitrogen and oxygen atoms in total. The van der Waals surface area contributed by atoms with E-state index in [1.54, 1.807) is 0 Å². The summed E-state index contributed by atoms with van der Waals surface area (Å²) in [5.74, 6) is 0.781. The smallest absolute Gasteiger partial charge is 0.232 e. The van der Waals surface area contributed by atoms with Crippen LogP contribution in [-0.4, -0.2) is 47.3 Å². The zero-order valence-electron chi connectivity index (χ0n) is 12.9. The van der Waals surface area contributed by atoms with Gasteiger partial charge in [-0.1, -0.05) is 13.8 Å². The summed E-state index contributed by atoms with van der Waals surface area (Å²) in [6.45, 7) is 6.84. The van der Waals surface area contributed by atoms with Gasteiger partial charge in [-0.2, -0.15) is 0 Å². The minimum Gasteiger partial charge on any atom is -0.342 e.